The normalized spacial score (nSPS) is 8.83. The van der Waals surface area contributed by atoms with Crippen molar-refractivity contribution in [2.45, 2.75) is 0 Å². The van der Waals surface area contributed by atoms with Gasteiger partial charge in [-0.1, -0.05) is 0 Å². The van der Waals surface area contributed by atoms with Crippen molar-refractivity contribution in [3.05, 3.63) is 12.7 Å². The van der Waals surface area contributed by atoms with Gasteiger partial charge in [0.25, 0.3) is 0 Å². The molecule has 0 radical (unpaired) electrons. The van der Waals surface area contributed by atoms with Crippen molar-refractivity contribution in [1.82, 2.24) is 14.3 Å². The Labute approximate surface area is 39.7 Å². The van der Waals surface area contributed by atoms with Crippen LogP contribution in [-0.2, 0) is 0 Å². The predicted octanol–water partition coefficient (Wildman–Crippen LogP) is 0.280. The Bertz CT molecular complexity index is 112. The molecule has 0 aliphatic heterocycles. The van der Waals surface area contributed by atoms with Crippen LogP contribution in [0.4, 0.5) is 0 Å². The van der Waals surface area contributed by atoms with Crippen LogP contribution in [0.15, 0.2) is 12.7 Å². The zero-order valence-electron chi connectivity index (χ0n) is 2.87. The monoisotopic (exact) mass is 103 g/mol. The molecule has 0 bridgehead atoms. The first-order valence-electron chi connectivity index (χ1n) is 1.40. The number of hydrogen-bond donors (Lipinski definition) is 0. The molecule has 0 saturated carbocycles. The summed E-state index contributed by atoms with van der Waals surface area (Å²) in [5, 5.41) is 6.81. The Hall–Kier alpha value is -0.570. The van der Waals surface area contributed by atoms with Crippen LogP contribution in [0.25, 0.3) is 0 Å². The Morgan fingerprint density at radius 3 is 2.00 bits per heavy atom. The maximum atomic E-state index is 5.25. The molecule has 1 heterocycles. The van der Waals surface area contributed by atoms with E-state index in [0.717, 1.165) is 0 Å². The second kappa shape index (κ2) is 1.26. The minimum atomic E-state index is 1.25. The molecule has 4 heteroatoms. The molecule has 1 aromatic rings. The third kappa shape index (κ3) is 0.490. The average Bonchev–Trinajstić information content (AvgIpc) is 1.86. The van der Waals surface area contributed by atoms with E-state index in [0.29, 0.717) is 0 Å². The Morgan fingerprint density at radius 2 is 1.83 bits per heavy atom. The molecule has 0 saturated heterocycles. The fourth-order valence-corrected chi connectivity index (χ4v) is 0.266. The average molecular weight is 104 g/mol. The van der Waals surface area contributed by atoms with Gasteiger partial charge in [0.1, 0.15) is 12.7 Å². The van der Waals surface area contributed by atoms with Gasteiger partial charge in [0.15, 0.2) is 0 Å². The number of aromatic nitrogens is 3. The van der Waals surface area contributed by atoms with Crippen molar-refractivity contribution in [2.75, 3.05) is 0 Å². The van der Waals surface area contributed by atoms with Gasteiger partial charge in [0.05, 0.1) is 0 Å². The zero-order chi connectivity index (χ0) is 4.41. The summed E-state index contributed by atoms with van der Waals surface area (Å²) in [5.74, 6) is 0. The van der Waals surface area contributed by atoms with Crippen LogP contribution < -0.4 is 0 Å². The van der Waals surface area contributed by atoms with E-state index in [-0.39, 0.29) is 0 Å². The number of rotatable bonds is 0. The van der Waals surface area contributed by atoms with Crippen molar-refractivity contribution < 1.29 is 0 Å². The van der Waals surface area contributed by atoms with Gasteiger partial charge in [0, 0.05) is 11.8 Å². The van der Waals surface area contributed by atoms with Crippen LogP contribution in [0.3, 0.4) is 0 Å². The minimum Gasteiger partial charge on any atom is -0.228 e. The van der Waals surface area contributed by atoms with Crippen molar-refractivity contribution in [3.8, 4) is 0 Å². The highest BCUT2D eigenvalue weighted by Crippen LogP contribution is 1.79. The van der Waals surface area contributed by atoms with Crippen LogP contribution in [0.1, 0.15) is 0 Å². The van der Waals surface area contributed by atoms with Crippen molar-refractivity contribution in [1.29, 1.82) is 0 Å². The molecule has 0 spiro atoms. The molecule has 6 heavy (non-hydrogen) atoms. The summed E-state index contributed by atoms with van der Waals surface area (Å²) in [5.41, 5.74) is 0. The first-order valence-corrected chi connectivity index (χ1v) is 1.74. The van der Waals surface area contributed by atoms with Crippen molar-refractivity contribution >= 4 is 11.8 Å². The first-order chi connectivity index (χ1) is 2.89. The molecule has 0 amide bonds. The van der Waals surface area contributed by atoms with Crippen LogP contribution in [0.5, 0.6) is 0 Å². The molecule has 1 rings (SSSR count). The highest BCUT2D eigenvalue weighted by Gasteiger charge is 1.74. The highest BCUT2D eigenvalue weighted by molar-refractivity contribution is 6.15. The fourth-order valence-electron chi connectivity index (χ4n) is 0.188. The zero-order valence-corrected chi connectivity index (χ0v) is 3.63. The third-order valence-corrected chi connectivity index (χ3v) is 0.565. The lowest BCUT2D eigenvalue weighted by atomic mass is 11.3. The Kier molecular flexibility index (Phi) is 0.759. The lowest BCUT2D eigenvalue weighted by molar-refractivity contribution is 1.09. The van der Waals surface area contributed by atoms with E-state index < -0.39 is 0 Å². The highest BCUT2D eigenvalue weighted by atomic mass is 35.5. The standard InChI is InChI=1S/C2H2ClN3/c3-6-1-4-5-2-6/h1-2H. The topological polar surface area (TPSA) is 30.7 Å². The Morgan fingerprint density at radius 1 is 1.33 bits per heavy atom. The molecule has 0 aliphatic rings. The third-order valence-electron chi connectivity index (χ3n) is 0.391. The summed E-state index contributed by atoms with van der Waals surface area (Å²) in [6.07, 6.45) is 2.81. The minimum absolute atomic E-state index is 1.25. The number of halogens is 1. The van der Waals surface area contributed by atoms with Crippen molar-refractivity contribution in [3.63, 3.8) is 0 Å². The second-order valence-electron chi connectivity index (χ2n) is 0.806. The van der Waals surface area contributed by atoms with Gasteiger partial charge in [-0.05, 0) is 0 Å². The number of nitrogens with zero attached hydrogens (tertiary/aromatic N) is 3. The van der Waals surface area contributed by atoms with Crippen LogP contribution in [0.2, 0.25) is 0 Å². The van der Waals surface area contributed by atoms with Gasteiger partial charge in [-0.15, -0.1) is 10.2 Å². The van der Waals surface area contributed by atoms with E-state index in [9.17, 15) is 0 Å². The summed E-state index contributed by atoms with van der Waals surface area (Å²) < 4.78 is 1.25. The van der Waals surface area contributed by atoms with Gasteiger partial charge in [-0.3, -0.25) is 0 Å². The molecule has 0 aromatic carbocycles. The van der Waals surface area contributed by atoms with E-state index in [1.54, 1.807) is 0 Å². The van der Waals surface area contributed by atoms with E-state index >= 15 is 0 Å². The molecular formula is C2H2ClN3. The van der Waals surface area contributed by atoms with E-state index in [1.807, 2.05) is 0 Å². The molecule has 3 nitrogen and oxygen atoms in total. The van der Waals surface area contributed by atoms with Crippen molar-refractivity contribution in [2.24, 2.45) is 0 Å². The van der Waals surface area contributed by atoms with Crippen LogP contribution in [-0.4, -0.2) is 14.3 Å². The smallest absolute Gasteiger partial charge is 0.134 e. The van der Waals surface area contributed by atoms with Gasteiger partial charge in [0.2, 0.25) is 0 Å². The quantitative estimate of drug-likeness (QED) is 0.472. The molecule has 0 unspecified atom stereocenters. The largest absolute Gasteiger partial charge is 0.228 e. The van der Waals surface area contributed by atoms with Gasteiger partial charge >= 0.3 is 0 Å². The lowest BCUT2D eigenvalue weighted by Crippen LogP contribution is -1.64. The fraction of sp³-hybridized carbons (Fsp3) is 0. The maximum absolute atomic E-state index is 5.25. The molecular weight excluding hydrogens is 101 g/mol. The van der Waals surface area contributed by atoms with Gasteiger partial charge < -0.3 is 0 Å². The SMILES string of the molecule is Cln1cnnc1. The molecule has 0 aliphatic carbocycles. The molecule has 0 fully saturated rings. The summed E-state index contributed by atoms with van der Waals surface area (Å²) in [7, 11) is 0. The summed E-state index contributed by atoms with van der Waals surface area (Å²) in [4.78, 5) is 0. The predicted molar refractivity (Wildman–Crippen MR) is 21.3 cm³/mol. The summed E-state index contributed by atoms with van der Waals surface area (Å²) in [6.45, 7) is 0. The van der Waals surface area contributed by atoms with Crippen LogP contribution in [0, 0.1) is 0 Å². The van der Waals surface area contributed by atoms with E-state index in [2.05, 4.69) is 10.2 Å². The van der Waals surface area contributed by atoms with Crippen LogP contribution >= 0.6 is 11.8 Å². The summed E-state index contributed by atoms with van der Waals surface area (Å²) in [6, 6.07) is 0. The van der Waals surface area contributed by atoms with Gasteiger partial charge in [-0.2, -0.15) is 0 Å². The molecule has 1 aromatic heterocycles. The second-order valence-corrected chi connectivity index (χ2v) is 1.20. The number of hydrogen-bond acceptors (Lipinski definition) is 2. The summed E-state index contributed by atoms with van der Waals surface area (Å²) >= 11 is 5.25. The van der Waals surface area contributed by atoms with Gasteiger partial charge in [-0.25, -0.2) is 4.09 Å². The van der Waals surface area contributed by atoms with E-state index in [1.165, 1.54) is 16.7 Å². The molecule has 0 N–H and O–H groups in total. The Balaban J connectivity index is 3.05. The molecule has 32 valence electrons. The first kappa shape index (κ1) is 3.61. The maximum Gasteiger partial charge on any atom is 0.134 e. The molecule has 0 atom stereocenters. The van der Waals surface area contributed by atoms with E-state index in [4.69, 9.17) is 11.8 Å². The lowest BCUT2D eigenvalue weighted by Gasteiger charge is -1.68.